The summed E-state index contributed by atoms with van der Waals surface area (Å²) in [5, 5.41) is 8.86. The molecule has 9 heteroatoms. The number of hydrogen-bond acceptors (Lipinski definition) is 6. The summed E-state index contributed by atoms with van der Waals surface area (Å²) in [5.74, 6) is -0.334. The molecule has 0 saturated carbocycles. The largest absolute Gasteiger partial charge is 0.437 e. The zero-order chi connectivity index (χ0) is 15.7. The maximum atomic E-state index is 12.7. The van der Waals surface area contributed by atoms with Crippen molar-refractivity contribution in [2.45, 2.75) is 12.3 Å². The predicted octanol–water partition coefficient (Wildman–Crippen LogP) is 2.23. The second-order valence-corrected chi connectivity index (χ2v) is 4.26. The smallest absolute Gasteiger partial charge is 0.416 e. The Morgan fingerprint density at radius 1 is 1.27 bits per heavy atom. The first-order valence-electron chi connectivity index (χ1n) is 5.99. The van der Waals surface area contributed by atoms with Crippen LogP contribution in [0.3, 0.4) is 0 Å². The monoisotopic (exact) mass is 305 g/mol. The van der Waals surface area contributed by atoms with Crippen molar-refractivity contribution in [1.82, 2.24) is 0 Å². The van der Waals surface area contributed by atoms with Crippen molar-refractivity contribution in [3.8, 4) is 11.8 Å². The summed E-state index contributed by atoms with van der Waals surface area (Å²) in [5.41, 5.74) is -0.604. The number of halogens is 3. The van der Waals surface area contributed by atoms with Crippen LogP contribution in [-0.4, -0.2) is 29.9 Å². The van der Waals surface area contributed by atoms with Gasteiger partial charge in [0.05, 0.1) is 5.56 Å². The van der Waals surface area contributed by atoms with Crippen LogP contribution in [0.15, 0.2) is 44.2 Å². The fraction of sp³-hybridized carbons (Fsp3) is 0.154. The minimum atomic E-state index is -4.48. The van der Waals surface area contributed by atoms with Crippen molar-refractivity contribution < 1.29 is 17.9 Å². The minimum absolute atomic E-state index is 0.0684. The number of benzene rings is 1. The molecule has 0 fully saturated rings. The summed E-state index contributed by atoms with van der Waals surface area (Å²) in [4.78, 5) is 15.5. The Morgan fingerprint density at radius 2 is 2.09 bits per heavy atom. The van der Waals surface area contributed by atoms with Crippen molar-refractivity contribution in [2.75, 3.05) is 0 Å². The van der Waals surface area contributed by atoms with Crippen LogP contribution in [0, 0.1) is 11.3 Å². The van der Waals surface area contributed by atoms with Gasteiger partial charge in [-0.25, -0.2) is 15.0 Å². The summed E-state index contributed by atoms with van der Waals surface area (Å²) >= 11 is 0. The van der Waals surface area contributed by atoms with E-state index < -0.39 is 17.9 Å². The highest BCUT2D eigenvalue weighted by Crippen LogP contribution is 2.31. The van der Waals surface area contributed by atoms with Gasteiger partial charge >= 0.3 is 6.18 Å². The molecule has 1 aromatic carbocycles. The van der Waals surface area contributed by atoms with E-state index in [2.05, 4.69) is 20.0 Å². The molecule has 2 aliphatic heterocycles. The van der Waals surface area contributed by atoms with Crippen LogP contribution in [0.5, 0.6) is 5.75 Å². The van der Waals surface area contributed by atoms with Crippen molar-refractivity contribution in [2.24, 2.45) is 20.0 Å². The topological polar surface area (TPSA) is 82.5 Å². The number of nitriles is 1. The zero-order valence-corrected chi connectivity index (χ0v) is 10.7. The van der Waals surface area contributed by atoms with E-state index in [1.54, 1.807) is 6.07 Å². The highest BCUT2D eigenvalue weighted by Gasteiger charge is 2.32. The molecule has 110 valence electrons. The number of aliphatic imine (C=N–C) groups is 4. The number of alkyl halides is 3. The van der Waals surface area contributed by atoms with E-state index in [9.17, 15) is 13.2 Å². The van der Waals surface area contributed by atoms with E-state index in [-0.39, 0.29) is 23.2 Å². The highest BCUT2D eigenvalue weighted by molar-refractivity contribution is 6.46. The molecular formula is C13H6F3N5O. The zero-order valence-electron chi connectivity index (χ0n) is 10.7. The van der Waals surface area contributed by atoms with Gasteiger partial charge in [-0.1, -0.05) is 6.07 Å². The van der Waals surface area contributed by atoms with Crippen molar-refractivity contribution in [3.05, 3.63) is 29.8 Å². The van der Waals surface area contributed by atoms with E-state index in [1.807, 2.05) is 0 Å². The molecular weight excluding hydrogens is 299 g/mol. The number of nitrogens with zero attached hydrogens (tertiary/aromatic N) is 5. The van der Waals surface area contributed by atoms with Crippen LogP contribution >= 0.6 is 0 Å². The predicted molar refractivity (Wildman–Crippen MR) is 72.3 cm³/mol. The van der Waals surface area contributed by atoms with Crippen LogP contribution in [0.25, 0.3) is 0 Å². The fourth-order valence-corrected chi connectivity index (χ4v) is 1.83. The van der Waals surface area contributed by atoms with Crippen molar-refractivity contribution in [3.63, 3.8) is 0 Å². The first-order valence-corrected chi connectivity index (χ1v) is 5.99. The second kappa shape index (κ2) is 5.07. The lowest BCUT2D eigenvalue weighted by atomic mass is 10.2. The standard InChI is InChI=1S/C13H6F3N5O/c14-13(15,16)7-2-1-3-8(4-7)22-12-10-11(19-6-18-10)20-9(5-17)21-12/h1-4,6,11H. The van der Waals surface area contributed by atoms with Gasteiger partial charge in [-0.2, -0.15) is 23.4 Å². The fourth-order valence-electron chi connectivity index (χ4n) is 1.83. The van der Waals surface area contributed by atoms with E-state index >= 15 is 0 Å². The van der Waals surface area contributed by atoms with Gasteiger partial charge in [-0.15, -0.1) is 0 Å². The molecule has 6 nitrogen and oxygen atoms in total. The molecule has 1 aromatic rings. The summed E-state index contributed by atoms with van der Waals surface area (Å²) in [6.07, 6.45) is -3.99. The van der Waals surface area contributed by atoms with Crippen LogP contribution in [0.1, 0.15) is 5.56 Å². The van der Waals surface area contributed by atoms with Gasteiger partial charge in [0.15, 0.2) is 11.9 Å². The van der Waals surface area contributed by atoms with Crippen LogP contribution in [0.2, 0.25) is 0 Å². The third-order valence-electron chi connectivity index (χ3n) is 2.80. The Labute approximate surface area is 122 Å². The Kier molecular flexibility index (Phi) is 3.21. The Balaban J connectivity index is 1.92. The molecule has 2 heterocycles. The lowest BCUT2D eigenvalue weighted by Crippen LogP contribution is -2.33. The van der Waals surface area contributed by atoms with Crippen molar-refractivity contribution >= 4 is 23.8 Å². The Morgan fingerprint density at radius 3 is 2.82 bits per heavy atom. The van der Waals surface area contributed by atoms with E-state index in [0.717, 1.165) is 12.1 Å². The molecule has 0 aromatic heterocycles. The SMILES string of the molecule is N#CC1=NC2N=CN=C2C(Oc2cccc(C(F)(F)F)c2)=N1. The van der Waals surface area contributed by atoms with Gasteiger partial charge in [0.2, 0.25) is 11.7 Å². The first kappa shape index (κ1) is 13.9. The quantitative estimate of drug-likeness (QED) is 0.797. The first-order chi connectivity index (χ1) is 10.5. The average Bonchev–Trinajstić information content (AvgIpc) is 2.95. The molecule has 0 amide bonds. The summed E-state index contributed by atoms with van der Waals surface area (Å²) in [6.45, 7) is 0. The minimum Gasteiger partial charge on any atom is -0.437 e. The third-order valence-corrected chi connectivity index (χ3v) is 2.80. The van der Waals surface area contributed by atoms with Crippen LogP contribution in [-0.2, 0) is 6.18 Å². The lowest BCUT2D eigenvalue weighted by Gasteiger charge is -2.15. The van der Waals surface area contributed by atoms with E-state index in [1.165, 1.54) is 18.5 Å². The average molecular weight is 305 g/mol. The molecule has 22 heavy (non-hydrogen) atoms. The van der Waals surface area contributed by atoms with E-state index in [0.29, 0.717) is 0 Å². The summed E-state index contributed by atoms with van der Waals surface area (Å²) in [6, 6.07) is 6.07. The maximum absolute atomic E-state index is 12.7. The number of fused-ring (bicyclic) bond motifs is 1. The molecule has 1 unspecified atom stereocenters. The van der Waals surface area contributed by atoms with E-state index in [4.69, 9.17) is 10.00 Å². The number of ether oxygens (including phenoxy) is 1. The highest BCUT2D eigenvalue weighted by atomic mass is 19.4. The molecule has 0 bridgehead atoms. The second-order valence-electron chi connectivity index (χ2n) is 4.26. The van der Waals surface area contributed by atoms with Gasteiger partial charge in [0.25, 0.3) is 0 Å². The number of rotatable bonds is 1. The van der Waals surface area contributed by atoms with Crippen LogP contribution in [0.4, 0.5) is 13.2 Å². The molecule has 0 radical (unpaired) electrons. The van der Waals surface area contributed by atoms with Gasteiger partial charge in [-0.3, -0.25) is 0 Å². The molecule has 0 spiro atoms. The van der Waals surface area contributed by atoms with Gasteiger partial charge in [0, 0.05) is 0 Å². The maximum Gasteiger partial charge on any atom is 0.416 e. The molecule has 0 saturated heterocycles. The number of amidine groups is 1. The van der Waals surface area contributed by atoms with Crippen LogP contribution < -0.4 is 4.74 Å². The summed E-state index contributed by atoms with van der Waals surface area (Å²) in [7, 11) is 0. The van der Waals surface area contributed by atoms with Gasteiger partial charge < -0.3 is 4.74 Å². The lowest BCUT2D eigenvalue weighted by molar-refractivity contribution is -0.137. The molecule has 0 N–H and O–H groups in total. The molecule has 2 aliphatic rings. The molecule has 3 rings (SSSR count). The third kappa shape index (κ3) is 2.58. The Hall–Kier alpha value is -3.02. The molecule has 1 atom stereocenters. The van der Waals surface area contributed by atoms with Gasteiger partial charge in [0.1, 0.15) is 18.2 Å². The number of hydrogen-bond donors (Lipinski definition) is 0. The normalized spacial score (nSPS) is 19.7. The molecule has 0 aliphatic carbocycles. The summed E-state index contributed by atoms with van der Waals surface area (Å²) < 4.78 is 43.4. The van der Waals surface area contributed by atoms with Gasteiger partial charge in [-0.05, 0) is 18.2 Å². The Bertz CT molecular complexity index is 786. The van der Waals surface area contributed by atoms with Crippen molar-refractivity contribution in [1.29, 1.82) is 5.26 Å².